The van der Waals surface area contributed by atoms with Crippen LogP contribution in [0, 0.1) is 18.6 Å². The molecule has 0 saturated carbocycles. The number of aryl methyl sites for hydroxylation is 1. The molecule has 0 saturated heterocycles. The summed E-state index contributed by atoms with van der Waals surface area (Å²) in [6.07, 6.45) is 1.84. The lowest BCUT2D eigenvalue weighted by Gasteiger charge is -2.27. The number of imidazole rings is 1. The van der Waals surface area contributed by atoms with Gasteiger partial charge in [-0.3, -0.25) is 4.90 Å². The third-order valence-electron chi connectivity index (χ3n) is 6.24. The molecule has 1 aromatic carbocycles. The number of halogens is 2. The molecule has 0 amide bonds. The van der Waals surface area contributed by atoms with E-state index in [1.807, 2.05) is 37.5 Å². The van der Waals surface area contributed by atoms with Gasteiger partial charge < -0.3 is 15.0 Å². The Balaban J connectivity index is 1.46. The Morgan fingerprint density at radius 3 is 2.71 bits per heavy atom. The molecule has 3 aromatic heterocycles. The smallest absolute Gasteiger partial charge is 0.229 e. The van der Waals surface area contributed by atoms with Gasteiger partial charge in [0.15, 0.2) is 11.6 Å². The van der Waals surface area contributed by atoms with E-state index >= 15 is 0 Å². The standard InChI is InChI=1S/C25H27F2N7O/c1-14(2)34-15(3)29-24-18(26)10-17(11-21(24)34)23-19(27)12-28-25(32-23)31-22-5-4-16-13-33(8-9-35)7-6-20(16)30-22/h4-5,10-12,14,35H,6-9,13H2,1-3H3,(H,28,30,31,32). The minimum Gasteiger partial charge on any atom is -0.395 e. The maximum atomic E-state index is 14.9. The number of aromatic nitrogens is 5. The summed E-state index contributed by atoms with van der Waals surface area (Å²) in [5.74, 6) is 0.227. The maximum absolute atomic E-state index is 14.9. The highest BCUT2D eigenvalue weighted by atomic mass is 19.1. The van der Waals surface area contributed by atoms with Crippen molar-refractivity contribution in [2.45, 2.75) is 39.8 Å². The van der Waals surface area contributed by atoms with Crippen molar-refractivity contribution < 1.29 is 13.9 Å². The Morgan fingerprint density at radius 1 is 1.11 bits per heavy atom. The van der Waals surface area contributed by atoms with E-state index in [1.165, 1.54) is 6.07 Å². The molecule has 10 heteroatoms. The number of hydrogen-bond donors (Lipinski definition) is 2. The normalized spacial score (nSPS) is 14.0. The van der Waals surface area contributed by atoms with Crippen LogP contribution in [-0.4, -0.2) is 54.2 Å². The molecule has 5 rings (SSSR count). The molecule has 35 heavy (non-hydrogen) atoms. The second-order valence-electron chi connectivity index (χ2n) is 9.02. The van der Waals surface area contributed by atoms with Crippen LogP contribution in [0.4, 0.5) is 20.5 Å². The van der Waals surface area contributed by atoms with E-state index < -0.39 is 11.6 Å². The van der Waals surface area contributed by atoms with E-state index in [0.717, 1.165) is 37.0 Å². The number of pyridine rings is 1. The Kier molecular flexibility index (Phi) is 6.16. The minimum atomic E-state index is -0.649. The zero-order valence-electron chi connectivity index (χ0n) is 19.9. The van der Waals surface area contributed by atoms with Crippen LogP contribution in [-0.2, 0) is 13.0 Å². The van der Waals surface area contributed by atoms with Gasteiger partial charge in [0.1, 0.15) is 22.9 Å². The number of nitrogens with zero attached hydrogens (tertiary/aromatic N) is 6. The number of aliphatic hydroxyl groups is 1. The van der Waals surface area contributed by atoms with Gasteiger partial charge >= 0.3 is 0 Å². The summed E-state index contributed by atoms with van der Waals surface area (Å²) in [5, 5.41) is 12.2. The van der Waals surface area contributed by atoms with Gasteiger partial charge in [0.2, 0.25) is 5.95 Å². The molecule has 0 radical (unpaired) electrons. The fourth-order valence-electron chi connectivity index (χ4n) is 4.68. The fraction of sp³-hybridized carbons (Fsp3) is 0.360. The number of rotatable bonds is 6. The number of fused-ring (bicyclic) bond motifs is 2. The van der Waals surface area contributed by atoms with E-state index in [2.05, 4.69) is 30.2 Å². The molecule has 1 aliphatic heterocycles. The predicted octanol–water partition coefficient (Wildman–Crippen LogP) is 4.15. The van der Waals surface area contributed by atoms with Crippen molar-refractivity contribution >= 4 is 22.8 Å². The van der Waals surface area contributed by atoms with E-state index in [4.69, 9.17) is 0 Å². The Labute approximate surface area is 201 Å². The molecule has 0 atom stereocenters. The lowest BCUT2D eigenvalue weighted by Crippen LogP contribution is -2.33. The van der Waals surface area contributed by atoms with Crippen LogP contribution < -0.4 is 5.32 Å². The predicted molar refractivity (Wildman–Crippen MR) is 129 cm³/mol. The third-order valence-corrected chi connectivity index (χ3v) is 6.24. The lowest BCUT2D eigenvalue weighted by atomic mass is 10.1. The minimum absolute atomic E-state index is 0.00457. The van der Waals surface area contributed by atoms with Gasteiger partial charge in [-0.25, -0.2) is 28.7 Å². The number of anilines is 2. The highest BCUT2D eigenvalue weighted by Gasteiger charge is 2.20. The summed E-state index contributed by atoms with van der Waals surface area (Å²) in [5.41, 5.74) is 3.22. The average Bonchev–Trinajstić information content (AvgIpc) is 3.17. The largest absolute Gasteiger partial charge is 0.395 e. The topological polar surface area (TPSA) is 92.0 Å². The number of benzene rings is 1. The van der Waals surface area contributed by atoms with E-state index in [9.17, 15) is 13.9 Å². The van der Waals surface area contributed by atoms with Crippen molar-refractivity contribution in [3.8, 4) is 11.3 Å². The Bertz CT molecular complexity index is 1400. The zero-order chi connectivity index (χ0) is 24.7. The van der Waals surface area contributed by atoms with Crippen LogP contribution in [0.2, 0.25) is 0 Å². The molecular formula is C25H27F2N7O. The lowest BCUT2D eigenvalue weighted by molar-refractivity contribution is 0.183. The van der Waals surface area contributed by atoms with Crippen molar-refractivity contribution in [2.75, 3.05) is 25.0 Å². The van der Waals surface area contributed by atoms with Crippen LogP contribution in [0.3, 0.4) is 0 Å². The molecule has 0 unspecified atom stereocenters. The number of aliphatic hydroxyl groups excluding tert-OH is 1. The molecule has 4 heterocycles. The highest BCUT2D eigenvalue weighted by Crippen LogP contribution is 2.30. The van der Waals surface area contributed by atoms with Crippen LogP contribution in [0.25, 0.3) is 22.3 Å². The first-order valence-corrected chi connectivity index (χ1v) is 11.6. The molecule has 1 aliphatic rings. The Hall–Kier alpha value is -3.50. The van der Waals surface area contributed by atoms with Gasteiger partial charge in [-0.15, -0.1) is 0 Å². The van der Waals surface area contributed by atoms with Gasteiger partial charge in [0.05, 0.1) is 18.3 Å². The van der Waals surface area contributed by atoms with Crippen LogP contribution in [0.1, 0.15) is 37.0 Å². The molecule has 182 valence electrons. The summed E-state index contributed by atoms with van der Waals surface area (Å²) >= 11 is 0. The van der Waals surface area contributed by atoms with E-state index in [1.54, 1.807) is 6.07 Å². The second kappa shape index (κ2) is 9.27. The van der Waals surface area contributed by atoms with Gasteiger partial charge in [0, 0.05) is 43.4 Å². The molecule has 0 spiro atoms. The highest BCUT2D eigenvalue weighted by molar-refractivity contribution is 5.83. The molecule has 8 nitrogen and oxygen atoms in total. The van der Waals surface area contributed by atoms with Crippen LogP contribution in [0.5, 0.6) is 0 Å². The SMILES string of the molecule is Cc1nc2c(F)cc(-c3nc(Nc4ccc5c(n4)CCN(CCO)C5)ncc3F)cc2n1C(C)C. The first-order valence-electron chi connectivity index (χ1n) is 11.6. The summed E-state index contributed by atoms with van der Waals surface area (Å²) < 4.78 is 31.6. The summed E-state index contributed by atoms with van der Waals surface area (Å²) in [6.45, 7) is 8.12. The monoisotopic (exact) mass is 479 g/mol. The van der Waals surface area contributed by atoms with E-state index in [-0.39, 0.29) is 29.8 Å². The molecule has 4 aromatic rings. The summed E-state index contributed by atoms with van der Waals surface area (Å²) in [7, 11) is 0. The molecule has 0 bridgehead atoms. The quantitative estimate of drug-likeness (QED) is 0.429. The fourth-order valence-corrected chi connectivity index (χ4v) is 4.68. The summed E-state index contributed by atoms with van der Waals surface area (Å²) in [4.78, 5) is 19.6. The molecule has 0 fully saturated rings. The number of hydrogen-bond acceptors (Lipinski definition) is 7. The van der Waals surface area contributed by atoms with Crippen molar-refractivity contribution in [3.05, 3.63) is 59.2 Å². The molecular weight excluding hydrogens is 452 g/mol. The van der Waals surface area contributed by atoms with Crippen molar-refractivity contribution in [1.82, 2.24) is 29.4 Å². The average molecular weight is 480 g/mol. The van der Waals surface area contributed by atoms with Gasteiger partial charge in [-0.1, -0.05) is 6.07 Å². The summed E-state index contributed by atoms with van der Waals surface area (Å²) in [6, 6.07) is 6.83. The molecule has 2 N–H and O–H groups in total. The first kappa shape index (κ1) is 23.3. The molecule has 0 aliphatic carbocycles. The number of nitrogens with one attached hydrogen (secondary N) is 1. The van der Waals surface area contributed by atoms with Gasteiger partial charge in [-0.05, 0) is 44.5 Å². The Morgan fingerprint density at radius 2 is 1.94 bits per heavy atom. The number of β-amino-alcohol motifs (C(OH)–C–C–N with tert-alkyl or cyclic N) is 1. The van der Waals surface area contributed by atoms with Crippen LogP contribution in [0.15, 0.2) is 30.5 Å². The second-order valence-corrected chi connectivity index (χ2v) is 9.02. The van der Waals surface area contributed by atoms with Gasteiger partial charge in [-0.2, -0.15) is 0 Å². The van der Waals surface area contributed by atoms with Crippen molar-refractivity contribution in [3.63, 3.8) is 0 Å². The first-order chi connectivity index (χ1) is 16.8. The van der Waals surface area contributed by atoms with Crippen LogP contribution >= 0.6 is 0 Å². The third kappa shape index (κ3) is 4.46. The zero-order valence-corrected chi connectivity index (χ0v) is 19.9. The van der Waals surface area contributed by atoms with Gasteiger partial charge in [0.25, 0.3) is 0 Å². The van der Waals surface area contributed by atoms with E-state index in [0.29, 0.717) is 29.3 Å². The maximum Gasteiger partial charge on any atom is 0.229 e. The van der Waals surface area contributed by atoms with Crippen molar-refractivity contribution in [1.29, 1.82) is 0 Å². The van der Waals surface area contributed by atoms with Crippen molar-refractivity contribution in [2.24, 2.45) is 0 Å².